The van der Waals surface area contributed by atoms with Gasteiger partial charge in [0.1, 0.15) is 0 Å². The van der Waals surface area contributed by atoms with E-state index in [4.69, 9.17) is 11.6 Å². The summed E-state index contributed by atoms with van der Waals surface area (Å²) in [6.07, 6.45) is 0. The molecule has 0 aliphatic carbocycles. The van der Waals surface area contributed by atoms with Crippen molar-refractivity contribution >= 4 is 35.0 Å². The average Bonchev–Trinajstić information content (AvgIpc) is 2.56. The van der Waals surface area contributed by atoms with Crippen molar-refractivity contribution in [1.29, 1.82) is 0 Å². The van der Waals surface area contributed by atoms with Crippen LogP contribution in [-0.4, -0.2) is 24.2 Å². The molecule has 2 aromatic rings. The first kappa shape index (κ1) is 17.2. The first-order valence-corrected chi connectivity index (χ1v) is 9.46. The smallest absolute Gasteiger partial charge is 0.251 e. The van der Waals surface area contributed by atoms with E-state index in [1.807, 2.05) is 49.9 Å². The Labute approximate surface area is 152 Å². The van der Waals surface area contributed by atoms with Crippen LogP contribution in [0.25, 0.3) is 0 Å². The number of carbonyl (C=O) groups excluding carboxylic acids is 1. The van der Waals surface area contributed by atoms with Gasteiger partial charge in [0.25, 0.3) is 5.91 Å². The molecule has 24 heavy (non-hydrogen) atoms. The molecule has 1 amide bonds. The summed E-state index contributed by atoms with van der Waals surface area (Å²) in [4.78, 5) is 15.9. The van der Waals surface area contributed by atoms with E-state index < -0.39 is 0 Å². The molecule has 3 rings (SSSR count). The Morgan fingerprint density at radius 1 is 1.25 bits per heavy atom. The molecule has 0 aromatic heterocycles. The molecule has 0 bridgehead atoms. The molecule has 0 spiro atoms. The van der Waals surface area contributed by atoms with Crippen molar-refractivity contribution in [3.8, 4) is 0 Å². The van der Waals surface area contributed by atoms with E-state index in [9.17, 15) is 4.79 Å². The predicted molar refractivity (Wildman–Crippen MR) is 102 cm³/mol. The second-order valence-electron chi connectivity index (χ2n) is 6.21. The van der Waals surface area contributed by atoms with Gasteiger partial charge in [-0.05, 0) is 49.7 Å². The van der Waals surface area contributed by atoms with Crippen LogP contribution in [0.5, 0.6) is 0 Å². The molecule has 3 nitrogen and oxygen atoms in total. The molecule has 1 heterocycles. The number of anilines is 1. The number of thioether (sulfide) groups is 1. The summed E-state index contributed by atoms with van der Waals surface area (Å²) in [5, 5.41) is 3.71. The van der Waals surface area contributed by atoms with Gasteiger partial charge in [-0.15, -0.1) is 11.8 Å². The predicted octanol–water partition coefficient (Wildman–Crippen LogP) is 4.59. The number of rotatable bonds is 4. The van der Waals surface area contributed by atoms with Crippen molar-refractivity contribution in [3.63, 3.8) is 0 Å². The molecule has 0 saturated heterocycles. The van der Waals surface area contributed by atoms with Crippen LogP contribution in [-0.2, 0) is 6.54 Å². The van der Waals surface area contributed by atoms with Crippen LogP contribution < -0.4 is 10.2 Å². The molecule has 2 aromatic carbocycles. The third-order valence-electron chi connectivity index (χ3n) is 3.89. The Hall–Kier alpha value is -1.65. The molecule has 1 aliphatic heterocycles. The maximum Gasteiger partial charge on any atom is 0.251 e. The fourth-order valence-corrected chi connectivity index (χ4v) is 3.89. The summed E-state index contributed by atoms with van der Waals surface area (Å²) in [5.41, 5.74) is 3.07. The zero-order chi connectivity index (χ0) is 17.1. The van der Waals surface area contributed by atoms with E-state index in [2.05, 4.69) is 28.4 Å². The highest BCUT2D eigenvalue weighted by Gasteiger charge is 2.19. The minimum atomic E-state index is -0.0187. The Balaban J connectivity index is 1.85. The molecular weight excluding hydrogens is 340 g/mol. The van der Waals surface area contributed by atoms with Crippen molar-refractivity contribution in [1.82, 2.24) is 5.32 Å². The van der Waals surface area contributed by atoms with Gasteiger partial charge in [0.2, 0.25) is 0 Å². The van der Waals surface area contributed by atoms with Gasteiger partial charge in [-0.25, -0.2) is 0 Å². The van der Waals surface area contributed by atoms with E-state index in [0.717, 1.165) is 29.6 Å². The number of halogens is 1. The van der Waals surface area contributed by atoms with Crippen LogP contribution in [0.4, 0.5) is 5.69 Å². The van der Waals surface area contributed by atoms with Gasteiger partial charge in [0.15, 0.2) is 0 Å². The molecule has 0 fully saturated rings. The molecule has 126 valence electrons. The molecule has 0 saturated carbocycles. The minimum Gasteiger partial charge on any atom is -0.365 e. The van der Waals surface area contributed by atoms with Crippen LogP contribution in [0.2, 0.25) is 5.02 Å². The van der Waals surface area contributed by atoms with Crippen LogP contribution >= 0.6 is 23.4 Å². The highest BCUT2D eigenvalue weighted by Crippen LogP contribution is 2.36. The number of nitrogens with zero attached hydrogens (tertiary/aromatic N) is 1. The van der Waals surface area contributed by atoms with Crippen LogP contribution in [0.3, 0.4) is 0 Å². The lowest BCUT2D eigenvalue weighted by atomic mass is 10.1. The number of amides is 1. The highest BCUT2D eigenvalue weighted by molar-refractivity contribution is 7.99. The van der Waals surface area contributed by atoms with E-state index >= 15 is 0 Å². The first-order valence-electron chi connectivity index (χ1n) is 8.10. The van der Waals surface area contributed by atoms with Gasteiger partial charge >= 0.3 is 0 Å². The Morgan fingerprint density at radius 3 is 2.71 bits per heavy atom. The van der Waals surface area contributed by atoms with Crippen molar-refractivity contribution in [2.45, 2.75) is 31.3 Å². The number of fused-ring (bicyclic) bond motifs is 1. The minimum absolute atomic E-state index is 0.0187. The highest BCUT2D eigenvalue weighted by atomic mass is 35.5. The summed E-state index contributed by atoms with van der Waals surface area (Å²) in [7, 11) is 0. The Kier molecular flexibility index (Phi) is 5.36. The van der Waals surface area contributed by atoms with Crippen molar-refractivity contribution < 1.29 is 4.79 Å². The van der Waals surface area contributed by atoms with Gasteiger partial charge in [-0.1, -0.05) is 23.7 Å². The summed E-state index contributed by atoms with van der Waals surface area (Å²) in [6, 6.07) is 14.1. The monoisotopic (exact) mass is 360 g/mol. The number of nitrogens with one attached hydrogen (secondary N) is 1. The molecule has 0 unspecified atom stereocenters. The second kappa shape index (κ2) is 7.49. The molecule has 0 radical (unpaired) electrons. The molecule has 5 heteroatoms. The quantitative estimate of drug-likeness (QED) is 0.865. The van der Waals surface area contributed by atoms with Crippen molar-refractivity contribution in [3.05, 3.63) is 58.6 Å². The normalized spacial score (nSPS) is 13.8. The summed E-state index contributed by atoms with van der Waals surface area (Å²) in [5.74, 6) is 1.04. The maximum atomic E-state index is 12.3. The maximum absolute atomic E-state index is 12.3. The van der Waals surface area contributed by atoms with Crippen LogP contribution in [0.1, 0.15) is 29.8 Å². The topological polar surface area (TPSA) is 32.3 Å². The zero-order valence-electron chi connectivity index (χ0n) is 13.9. The van der Waals surface area contributed by atoms with Crippen LogP contribution in [0.15, 0.2) is 47.4 Å². The van der Waals surface area contributed by atoms with Crippen molar-refractivity contribution in [2.75, 3.05) is 17.2 Å². The van der Waals surface area contributed by atoms with E-state index in [0.29, 0.717) is 5.56 Å². The average molecular weight is 361 g/mol. The summed E-state index contributed by atoms with van der Waals surface area (Å²) in [6.45, 7) is 5.73. The number of hydrogen-bond donors (Lipinski definition) is 1. The van der Waals surface area contributed by atoms with Crippen LogP contribution in [0, 0.1) is 0 Å². The zero-order valence-corrected chi connectivity index (χ0v) is 15.5. The Bertz CT molecular complexity index is 731. The van der Waals surface area contributed by atoms with Crippen molar-refractivity contribution in [2.24, 2.45) is 0 Å². The molecule has 0 atom stereocenters. The van der Waals surface area contributed by atoms with Gasteiger partial charge < -0.3 is 10.2 Å². The lowest BCUT2D eigenvalue weighted by Gasteiger charge is -2.31. The fourth-order valence-electron chi connectivity index (χ4n) is 2.73. The van der Waals surface area contributed by atoms with E-state index in [-0.39, 0.29) is 11.9 Å². The van der Waals surface area contributed by atoms with E-state index in [1.165, 1.54) is 10.5 Å². The summed E-state index contributed by atoms with van der Waals surface area (Å²) < 4.78 is 0. The van der Waals surface area contributed by atoms with Gasteiger partial charge in [-0.3, -0.25) is 4.79 Å². The number of hydrogen-bond acceptors (Lipinski definition) is 3. The van der Waals surface area contributed by atoms with Gasteiger partial charge in [0.05, 0.1) is 5.69 Å². The lowest BCUT2D eigenvalue weighted by Crippen LogP contribution is -2.31. The first-order chi connectivity index (χ1) is 11.5. The molecule has 1 N–H and O–H groups in total. The molecular formula is C19H21ClN2OS. The SMILES string of the molecule is CC(C)NC(=O)c1ccc2c(c1)N(Cc1ccc(Cl)cc1)CCS2. The number of carbonyl (C=O) groups is 1. The third kappa shape index (κ3) is 4.05. The lowest BCUT2D eigenvalue weighted by molar-refractivity contribution is 0.0943. The van der Waals surface area contributed by atoms with E-state index in [1.54, 1.807) is 0 Å². The standard InChI is InChI=1S/C19H21ClN2OS/c1-13(2)21-19(23)15-5-8-18-17(11-15)22(9-10-24-18)12-14-3-6-16(20)7-4-14/h3-8,11,13H,9-10,12H2,1-2H3,(H,21,23). The Morgan fingerprint density at radius 2 is 2.00 bits per heavy atom. The summed E-state index contributed by atoms with van der Waals surface area (Å²) >= 11 is 7.82. The van der Waals surface area contributed by atoms with Gasteiger partial charge in [0, 0.05) is 40.4 Å². The molecule has 1 aliphatic rings. The third-order valence-corrected chi connectivity index (χ3v) is 5.18. The number of benzene rings is 2. The fraction of sp³-hybridized carbons (Fsp3) is 0.316. The largest absolute Gasteiger partial charge is 0.365 e. The second-order valence-corrected chi connectivity index (χ2v) is 7.78. The van der Waals surface area contributed by atoms with Gasteiger partial charge in [-0.2, -0.15) is 0 Å².